The largest absolute Gasteiger partial charge is 0.457 e. The van der Waals surface area contributed by atoms with Gasteiger partial charge in [0.05, 0.1) is 16.4 Å². The zero-order valence-corrected chi connectivity index (χ0v) is 26.8. The van der Waals surface area contributed by atoms with Gasteiger partial charge in [-0.05, 0) is 81.6 Å². The molecule has 0 saturated carbocycles. The smallest absolute Gasteiger partial charge is 0.132 e. The van der Waals surface area contributed by atoms with Gasteiger partial charge in [0.25, 0.3) is 0 Å². The van der Waals surface area contributed by atoms with Crippen LogP contribution >= 0.6 is 0 Å². The van der Waals surface area contributed by atoms with Gasteiger partial charge in [0.15, 0.2) is 0 Å². The highest BCUT2D eigenvalue weighted by molar-refractivity contribution is 6.15. The fourth-order valence-corrected chi connectivity index (χ4v) is 8.22. The lowest BCUT2D eigenvalue weighted by atomic mass is 9.63. The molecule has 230 valence electrons. The van der Waals surface area contributed by atoms with Crippen molar-refractivity contribution in [3.63, 3.8) is 0 Å². The second kappa shape index (κ2) is 10.8. The van der Waals surface area contributed by atoms with Gasteiger partial charge in [0.1, 0.15) is 11.5 Å². The lowest BCUT2D eigenvalue weighted by molar-refractivity contribution is 0.434. The van der Waals surface area contributed by atoms with Crippen molar-refractivity contribution in [1.29, 1.82) is 0 Å². The van der Waals surface area contributed by atoms with Crippen LogP contribution in [0, 0.1) is 0 Å². The van der Waals surface area contributed by atoms with Gasteiger partial charge in [-0.15, -0.1) is 0 Å². The summed E-state index contributed by atoms with van der Waals surface area (Å²) < 4.78 is 9.09. The molecule has 0 aliphatic carbocycles. The monoisotopic (exact) mass is 625 g/mol. The van der Waals surface area contributed by atoms with E-state index in [0.717, 1.165) is 33.9 Å². The molecule has 0 atom stereocenters. The Morgan fingerprint density at radius 2 is 1.06 bits per heavy atom. The van der Waals surface area contributed by atoms with Crippen molar-refractivity contribution < 1.29 is 4.74 Å². The normalized spacial score (nSPS) is 13.2. The Hall–Kier alpha value is -6.38. The van der Waals surface area contributed by atoms with Crippen LogP contribution in [0.2, 0.25) is 0 Å². The highest BCUT2D eigenvalue weighted by Gasteiger charge is 2.45. The van der Waals surface area contributed by atoms with Gasteiger partial charge in [0.2, 0.25) is 0 Å². The quantitative estimate of drug-likeness (QED) is 0.190. The average molecular weight is 626 g/mol. The molecule has 8 aromatic carbocycles. The minimum Gasteiger partial charge on any atom is -0.457 e. The maximum Gasteiger partial charge on any atom is 0.132 e. The topological polar surface area (TPSA) is 14.2 Å². The molecule has 0 unspecified atom stereocenters. The van der Waals surface area contributed by atoms with Crippen molar-refractivity contribution in [2.24, 2.45) is 0 Å². The van der Waals surface area contributed by atoms with E-state index in [1.54, 1.807) is 0 Å². The Kier molecular flexibility index (Phi) is 6.13. The summed E-state index contributed by atoms with van der Waals surface area (Å²) in [7, 11) is 0. The van der Waals surface area contributed by atoms with Crippen LogP contribution in [-0.4, -0.2) is 4.57 Å². The molecule has 0 saturated heterocycles. The molecular weight excluding hydrogens is 595 g/mol. The third-order valence-electron chi connectivity index (χ3n) is 10.3. The molecule has 1 aromatic heterocycles. The van der Waals surface area contributed by atoms with Gasteiger partial charge < -0.3 is 9.30 Å². The van der Waals surface area contributed by atoms with E-state index in [4.69, 9.17) is 4.74 Å². The summed E-state index contributed by atoms with van der Waals surface area (Å²) in [6, 6.07) is 67.9. The third kappa shape index (κ3) is 4.07. The first-order valence-corrected chi connectivity index (χ1v) is 16.9. The van der Waals surface area contributed by atoms with Crippen LogP contribution in [0.5, 0.6) is 11.5 Å². The highest BCUT2D eigenvalue weighted by atomic mass is 16.5. The first kappa shape index (κ1) is 27.7. The van der Waals surface area contributed by atoms with Crippen molar-refractivity contribution in [1.82, 2.24) is 4.57 Å². The Balaban J connectivity index is 1.25. The standard InChI is InChI=1S/C47H31NO/c1-4-16-34(17-5-1)47(35-18-6-2-7-19-35)41-24-11-13-26-45(41)49-46-28-27-33(29-42(46)47)37-23-14-15-32-30-44-40(31-39(32)37)38-22-10-12-25-43(38)48(44)36-20-8-3-9-21-36/h1-31H. The summed E-state index contributed by atoms with van der Waals surface area (Å²) in [5.74, 6) is 1.77. The van der Waals surface area contributed by atoms with E-state index >= 15 is 0 Å². The molecule has 9 aromatic rings. The first-order valence-electron chi connectivity index (χ1n) is 16.9. The molecule has 0 amide bonds. The van der Waals surface area contributed by atoms with Crippen molar-refractivity contribution >= 4 is 32.6 Å². The highest BCUT2D eigenvalue weighted by Crippen LogP contribution is 2.56. The fourth-order valence-electron chi connectivity index (χ4n) is 8.22. The van der Waals surface area contributed by atoms with Crippen molar-refractivity contribution in [2.75, 3.05) is 0 Å². The Morgan fingerprint density at radius 1 is 0.408 bits per heavy atom. The summed E-state index contributed by atoms with van der Waals surface area (Å²) >= 11 is 0. The van der Waals surface area contributed by atoms with E-state index in [-0.39, 0.29) is 0 Å². The Bertz CT molecular complexity index is 2630. The molecule has 0 bridgehead atoms. The van der Waals surface area contributed by atoms with Crippen molar-refractivity contribution in [2.45, 2.75) is 5.41 Å². The second-order valence-corrected chi connectivity index (χ2v) is 12.9. The third-order valence-corrected chi connectivity index (χ3v) is 10.3. The van der Waals surface area contributed by atoms with Crippen molar-refractivity contribution in [3.8, 4) is 28.3 Å². The van der Waals surface area contributed by atoms with E-state index in [0.29, 0.717) is 0 Å². The zero-order chi connectivity index (χ0) is 32.4. The number of hydrogen-bond donors (Lipinski definition) is 0. The van der Waals surface area contributed by atoms with Crippen LogP contribution in [0.15, 0.2) is 188 Å². The lowest BCUT2D eigenvalue weighted by Gasteiger charge is -2.41. The van der Waals surface area contributed by atoms with E-state index in [1.807, 2.05) is 0 Å². The zero-order valence-electron chi connectivity index (χ0n) is 26.8. The number of benzene rings is 8. The van der Waals surface area contributed by atoms with Crippen molar-refractivity contribution in [3.05, 3.63) is 210 Å². The first-order chi connectivity index (χ1) is 24.3. The number of para-hydroxylation sites is 3. The molecule has 1 aliphatic rings. The summed E-state index contributed by atoms with van der Waals surface area (Å²) in [6.07, 6.45) is 0. The summed E-state index contributed by atoms with van der Waals surface area (Å²) in [5, 5.41) is 4.94. The predicted octanol–water partition coefficient (Wildman–Crippen LogP) is 12.1. The molecule has 1 aliphatic heterocycles. The number of hydrogen-bond acceptors (Lipinski definition) is 1. The van der Waals surface area contributed by atoms with Crippen LogP contribution in [0.1, 0.15) is 22.3 Å². The van der Waals surface area contributed by atoms with E-state index < -0.39 is 5.41 Å². The second-order valence-electron chi connectivity index (χ2n) is 12.9. The number of fused-ring (bicyclic) bond motifs is 6. The number of aromatic nitrogens is 1. The summed E-state index contributed by atoms with van der Waals surface area (Å²) in [6.45, 7) is 0. The van der Waals surface area contributed by atoms with Gasteiger partial charge in [-0.1, -0.05) is 140 Å². The molecular formula is C47H31NO. The summed E-state index contributed by atoms with van der Waals surface area (Å²) in [4.78, 5) is 0. The molecule has 0 radical (unpaired) electrons. The molecule has 0 N–H and O–H groups in total. The molecule has 2 heterocycles. The fraction of sp³-hybridized carbons (Fsp3) is 0.0213. The van der Waals surface area contributed by atoms with Gasteiger partial charge in [-0.25, -0.2) is 0 Å². The van der Waals surface area contributed by atoms with Crippen LogP contribution in [0.3, 0.4) is 0 Å². The van der Waals surface area contributed by atoms with E-state index in [2.05, 4.69) is 193 Å². The molecule has 0 spiro atoms. The molecule has 2 heteroatoms. The maximum absolute atomic E-state index is 6.70. The van der Waals surface area contributed by atoms with Crippen LogP contribution in [0.4, 0.5) is 0 Å². The average Bonchev–Trinajstić information content (AvgIpc) is 3.50. The SMILES string of the molecule is c1ccc(-n2c3ccccc3c3cc4c(-c5ccc6c(c5)C(c5ccccc5)(c5ccccc5)c5ccccc5O6)cccc4cc32)cc1. The maximum atomic E-state index is 6.70. The number of ether oxygens (including phenoxy) is 1. The van der Waals surface area contributed by atoms with E-state index in [1.165, 1.54) is 49.3 Å². The van der Waals surface area contributed by atoms with Crippen LogP contribution < -0.4 is 4.74 Å². The van der Waals surface area contributed by atoms with Gasteiger partial charge in [-0.2, -0.15) is 0 Å². The molecule has 49 heavy (non-hydrogen) atoms. The minimum absolute atomic E-state index is 0.566. The Labute approximate surface area is 285 Å². The number of rotatable bonds is 4. The van der Waals surface area contributed by atoms with Gasteiger partial charge >= 0.3 is 0 Å². The van der Waals surface area contributed by atoms with Gasteiger partial charge in [-0.3, -0.25) is 0 Å². The molecule has 2 nitrogen and oxygen atoms in total. The van der Waals surface area contributed by atoms with Crippen LogP contribution in [-0.2, 0) is 5.41 Å². The molecule has 0 fully saturated rings. The lowest BCUT2D eigenvalue weighted by Crippen LogP contribution is -2.34. The van der Waals surface area contributed by atoms with E-state index in [9.17, 15) is 0 Å². The predicted molar refractivity (Wildman–Crippen MR) is 202 cm³/mol. The minimum atomic E-state index is -0.566. The molecule has 10 rings (SSSR count). The number of nitrogens with zero attached hydrogens (tertiary/aromatic N) is 1. The Morgan fingerprint density at radius 3 is 1.84 bits per heavy atom. The van der Waals surface area contributed by atoms with Gasteiger partial charge in [0, 0.05) is 27.6 Å². The van der Waals surface area contributed by atoms with Crippen LogP contribution in [0.25, 0.3) is 49.4 Å². The summed E-state index contributed by atoms with van der Waals surface area (Å²) in [5.41, 5.74) is 10.1.